The van der Waals surface area contributed by atoms with E-state index in [1.54, 1.807) is 36.4 Å². The first-order valence-electron chi connectivity index (χ1n) is 6.02. The minimum atomic E-state index is -1.00. The van der Waals surface area contributed by atoms with Crippen molar-refractivity contribution in [3.8, 4) is 5.75 Å². The third-order valence-corrected chi connectivity index (χ3v) is 2.57. The summed E-state index contributed by atoms with van der Waals surface area (Å²) >= 11 is 0. The van der Waals surface area contributed by atoms with Crippen LogP contribution in [0.4, 0.5) is 4.39 Å². The third kappa shape index (κ3) is 4.24. The second-order valence-corrected chi connectivity index (χ2v) is 4.16. The average molecular weight is 272 g/mol. The standard InChI is InChI=1S/C16H13FO3/c17-14-5-1-4-13(9-14)11-20-15-6-2-3-12(10-15)7-8-16(18)19/h1-10H,11H2,(H,18,19). The number of carboxylic acid groups (broad SMARTS) is 1. The lowest BCUT2D eigenvalue weighted by Crippen LogP contribution is -1.96. The Kier molecular flexibility index (Phi) is 4.50. The van der Waals surface area contributed by atoms with Gasteiger partial charge in [-0.2, -0.15) is 0 Å². The molecule has 0 spiro atoms. The molecule has 0 aliphatic carbocycles. The number of ether oxygens (including phenoxy) is 1. The Hall–Kier alpha value is -2.62. The van der Waals surface area contributed by atoms with E-state index in [9.17, 15) is 9.18 Å². The molecule has 2 aromatic carbocycles. The van der Waals surface area contributed by atoms with Gasteiger partial charge in [0.25, 0.3) is 0 Å². The number of hydrogen-bond acceptors (Lipinski definition) is 2. The Labute approximate surface area is 115 Å². The zero-order valence-corrected chi connectivity index (χ0v) is 10.6. The van der Waals surface area contributed by atoms with Crippen LogP contribution >= 0.6 is 0 Å². The molecule has 0 aromatic heterocycles. The minimum absolute atomic E-state index is 0.254. The van der Waals surface area contributed by atoms with E-state index in [0.29, 0.717) is 5.75 Å². The molecule has 1 N–H and O–H groups in total. The highest BCUT2D eigenvalue weighted by Gasteiger charge is 1.99. The van der Waals surface area contributed by atoms with E-state index in [0.717, 1.165) is 17.2 Å². The summed E-state index contributed by atoms with van der Waals surface area (Å²) < 4.78 is 18.6. The van der Waals surface area contributed by atoms with Crippen LogP contribution in [0.5, 0.6) is 5.75 Å². The molecule has 0 saturated carbocycles. The van der Waals surface area contributed by atoms with Crippen molar-refractivity contribution in [3.05, 3.63) is 71.6 Å². The van der Waals surface area contributed by atoms with Crippen molar-refractivity contribution in [2.45, 2.75) is 6.61 Å². The summed E-state index contributed by atoms with van der Waals surface area (Å²) in [5.74, 6) is -0.706. The van der Waals surface area contributed by atoms with Crippen molar-refractivity contribution >= 4 is 12.0 Å². The molecule has 0 aliphatic heterocycles. The highest BCUT2D eigenvalue weighted by atomic mass is 19.1. The summed E-state index contributed by atoms with van der Waals surface area (Å²) in [7, 11) is 0. The van der Waals surface area contributed by atoms with Crippen LogP contribution in [0.3, 0.4) is 0 Å². The molecule has 0 unspecified atom stereocenters. The highest BCUT2D eigenvalue weighted by Crippen LogP contribution is 2.16. The molecular formula is C16H13FO3. The molecule has 0 atom stereocenters. The lowest BCUT2D eigenvalue weighted by atomic mass is 10.2. The van der Waals surface area contributed by atoms with Crippen LogP contribution in [0.2, 0.25) is 0 Å². The van der Waals surface area contributed by atoms with Crippen LogP contribution in [-0.2, 0) is 11.4 Å². The molecule has 0 radical (unpaired) electrons. The van der Waals surface area contributed by atoms with Gasteiger partial charge in [-0.15, -0.1) is 0 Å². The van der Waals surface area contributed by atoms with Gasteiger partial charge in [0, 0.05) is 6.08 Å². The SMILES string of the molecule is O=C(O)C=Cc1cccc(OCc2cccc(F)c2)c1. The maximum atomic E-state index is 13.0. The molecule has 2 rings (SSSR count). The van der Waals surface area contributed by atoms with E-state index in [-0.39, 0.29) is 12.4 Å². The van der Waals surface area contributed by atoms with E-state index in [1.807, 2.05) is 0 Å². The summed E-state index contributed by atoms with van der Waals surface area (Å²) in [6.45, 7) is 0.254. The van der Waals surface area contributed by atoms with E-state index in [4.69, 9.17) is 9.84 Å². The fourth-order valence-electron chi connectivity index (χ4n) is 1.67. The quantitative estimate of drug-likeness (QED) is 0.847. The molecule has 0 heterocycles. The highest BCUT2D eigenvalue weighted by molar-refractivity contribution is 5.85. The van der Waals surface area contributed by atoms with Gasteiger partial charge in [0.2, 0.25) is 0 Å². The van der Waals surface area contributed by atoms with Crippen molar-refractivity contribution in [3.63, 3.8) is 0 Å². The summed E-state index contributed by atoms with van der Waals surface area (Å²) in [6.07, 6.45) is 2.54. The van der Waals surface area contributed by atoms with Gasteiger partial charge in [0.15, 0.2) is 0 Å². The second kappa shape index (κ2) is 6.52. The monoisotopic (exact) mass is 272 g/mol. The molecule has 0 amide bonds. The first-order valence-corrected chi connectivity index (χ1v) is 6.02. The fourth-order valence-corrected chi connectivity index (χ4v) is 1.67. The van der Waals surface area contributed by atoms with E-state index < -0.39 is 5.97 Å². The van der Waals surface area contributed by atoms with Gasteiger partial charge in [-0.25, -0.2) is 9.18 Å². The van der Waals surface area contributed by atoms with E-state index >= 15 is 0 Å². The van der Waals surface area contributed by atoms with Gasteiger partial charge in [-0.3, -0.25) is 0 Å². The first-order chi connectivity index (χ1) is 9.63. The lowest BCUT2D eigenvalue weighted by Gasteiger charge is -2.07. The molecule has 0 bridgehead atoms. The van der Waals surface area contributed by atoms with Crippen molar-refractivity contribution in [1.29, 1.82) is 0 Å². The van der Waals surface area contributed by atoms with Gasteiger partial charge in [0.05, 0.1) is 0 Å². The van der Waals surface area contributed by atoms with Crippen LogP contribution in [0.15, 0.2) is 54.6 Å². The van der Waals surface area contributed by atoms with Crippen molar-refractivity contribution in [1.82, 2.24) is 0 Å². The average Bonchev–Trinajstić information content (AvgIpc) is 2.43. The molecule has 20 heavy (non-hydrogen) atoms. The smallest absolute Gasteiger partial charge is 0.328 e. The Morgan fingerprint density at radius 2 is 2.00 bits per heavy atom. The molecule has 2 aromatic rings. The number of rotatable bonds is 5. The zero-order chi connectivity index (χ0) is 14.4. The van der Waals surface area contributed by atoms with Crippen molar-refractivity contribution < 1.29 is 19.0 Å². The number of benzene rings is 2. The van der Waals surface area contributed by atoms with Crippen molar-refractivity contribution in [2.75, 3.05) is 0 Å². The molecule has 3 nitrogen and oxygen atoms in total. The minimum Gasteiger partial charge on any atom is -0.489 e. The van der Waals surface area contributed by atoms with E-state index in [2.05, 4.69) is 0 Å². The van der Waals surface area contributed by atoms with Gasteiger partial charge < -0.3 is 9.84 Å². The molecule has 102 valence electrons. The molecule has 0 fully saturated rings. The summed E-state index contributed by atoms with van der Waals surface area (Å²) in [6, 6.07) is 13.2. The van der Waals surface area contributed by atoms with Crippen LogP contribution < -0.4 is 4.74 Å². The lowest BCUT2D eigenvalue weighted by molar-refractivity contribution is -0.131. The van der Waals surface area contributed by atoms with E-state index in [1.165, 1.54) is 18.2 Å². The van der Waals surface area contributed by atoms with Crippen LogP contribution in [-0.4, -0.2) is 11.1 Å². The molecular weight excluding hydrogens is 259 g/mol. The number of halogens is 1. The summed E-state index contributed by atoms with van der Waals surface area (Å²) in [5, 5.41) is 8.57. The van der Waals surface area contributed by atoms with Gasteiger partial charge in [-0.05, 0) is 41.5 Å². The van der Waals surface area contributed by atoms with Crippen LogP contribution in [0.25, 0.3) is 6.08 Å². The normalized spacial score (nSPS) is 10.7. The Bertz CT molecular complexity index is 635. The number of aliphatic carboxylic acids is 1. The van der Waals surface area contributed by atoms with Crippen LogP contribution in [0.1, 0.15) is 11.1 Å². The molecule has 0 saturated heterocycles. The predicted octanol–water partition coefficient (Wildman–Crippen LogP) is 3.50. The van der Waals surface area contributed by atoms with Gasteiger partial charge >= 0.3 is 5.97 Å². The fraction of sp³-hybridized carbons (Fsp3) is 0.0625. The zero-order valence-electron chi connectivity index (χ0n) is 10.6. The number of carbonyl (C=O) groups is 1. The van der Waals surface area contributed by atoms with Crippen molar-refractivity contribution in [2.24, 2.45) is 0 Å². The predicted molar refractivity (Wildman–Crippen MR) is 73.8 cm³/mol. The summed E-state index contributed by atoms with van der Waals surface area (Å²) in [4.78, 5) is 10.4. The maximum absolute atomic E-state index is 13.0. The Morgan fingerprint density at radius 3 is 2.75 bits per heavy atom. The maximum Gasteiger partial charge on any atom is 0.328 e. The van der Waals surface area contributed by atoms with Gasteiger partial charge in [-0.1, -0.05) is 24.3 Å². The van der Waals surface area contributed by atoms with Crippen LogP contribution in [0, 0.1) is 5.82 Å². The topological polar surface area (TPSA) is 46.5 Å². The number of hydrogen-bond donors (Lipinski definition) is 1. The number of carboxylic acids is 1. The Balaban J connectivity index is 2.03. The molecule has 0 aliphatic rings. The molecule has 4 heteroatoms. The second-order valence-electron chi connectivity index (χ2n) is 4.16. The Morgan fingerprint density at radius 1 is 1.20 bits per heavy atom. The summed E-state index contributed by atoms with van der Waals surface area (Å²) in [5.41, 5.74) is 1.46. The largest absolute Gasteiger partial charge is 0.489 e. The third-order valence-electron chi connectivity index (χ3n) is 2.57. The van der Waals surface area contributed by atoms with Gasteiger partial charge in [0.1, 0.15) is 18.2 Å². The first kappa shape index (κ1) is 13.8.